The summed E-state index contributed by atoms with van der Waals surface area (Å²) < 4.78 is 27.1. The molecular formula is C23H23N3O4S. The Morgan fingerprint density at radius 1 is 0.903 bits per heavy atom. The van der Waals surface area contributed by atoms with Crippen LogP contribution in [0.15, 0.2) is 83.8 Å². The lowest BCUT2D eigenvalue weighted by molar-refractivity contribution is -0.119. The van der Waals surface area contributed by atoms with Crippen molar-refractivity contribution in [1.29, 1.82) is 0 Å². The van der Waals surface area contributed by atoms with Crippen molar-refractivity contribution in [3.8, 4) is 0 Å². The first-order valence-electron chi connectivity index (χ1n) is 9.56. The highest BCUT2D eigenvalue weighted by Gasteiger charge is 2.21. The van der Waals surface area contributed by atoms with Crippen molar-refractivity contribution in [2.24, 2.45) is 0 Å². The van der Waals surface area contributed by atoms with Crippen LogP contribution in [-0.4, -0.2) is 27.3 Å². The number of sulfonamides is 1. The predicted octanol–water partition coefficient (Wildman–Crippen LogP) is 3.40. The molecule has 0 fully saturated rings. The molecule has 3 aromatic carbocycles. The summed E-state index contributed by atoms with van der Waals surface area (Å²) in [5.41, 5.74) is 2.19. The summed E-state index contributed by atoms with van der Waals surface area (Å²) in [6.45, 7) is 1.82. The van der Waals surface area contributed by atoms with E-state index in [1.54, 1.807) is 60.7 Å². The summed E-state index contributed by atoms with van der Waals surface area (Å²) in [5, 5.41) is 5.42. The Balaban J connectivity index is 1.74. The molecule has 3 aromatic rings. The van der Waals surface area contributed by atoms with Crippen LogP contribution >= 0.6 is 0 Å². The molecular weight excluding hydrogens is 414 g/mol. The van der Waals surface area contributed by atoms with Crippen LogP contribution in [0.5, 0.6) is 0 Å². The van der Waals surface area contributed by atoms with Gasteiger partial charge in [0.2, 0.25) is 5.91 Å². The molecule has 2 amide bonds. The second-order valence-corrected chi connectivity index (χ2v) is 8.87. The molecule has 0 spiro atoms. The summed E-state index contributed by atoms with van der Waals surface area (Å²) in [6.07, 6.45) is 0. The molecule has 7 nitrogen and oxygen atoms in total. The minimum absolute atomic E-state index is 0.0716. The number of hydrogen-bond acceptors (Lipinski definition) is 4. The van der Waals surface area contributed by atoms with E-state index in [0.717, 1.165) is 5.56 Å². The van der Waals surface area contributed by atoms with Crippen LogP contribution in [0.1, 0.15) is 22.8 Å². The van der Waals surface area contributed by atoms with Gasteiger partial charge < -0.3 is 10.6 Å². The van der Waals surface area contributed by atoms with E-state index in [2.05, 4.69) is 10.6 Å². The summed E-state index contributed by atoms with van der Waals surface area (Å²) in [5.74, 6) is -0.494. The fourth-order valence-electron chi connectivity index (χ4n) is 2.87. The third-order valence-electron chi connectivity index (χ3n) is 4.63. The molecule has 8 heteroatoms. The number of para-hydroxylation sites is 1. The number of carbonyl (C=O) groups is 2. The number of hydrogen-bond donors (Lipinski definition) is 2. The van der Waals surface area contributed by atoms with E-state index in [1.165, 1.54) is 30.4 Å². The lowest BCUT2D eigenvalue weighted by Gasteiger charge is -2.20. The van der Waals surface area contributed by atoms with Crippen LogP contribution in [0.3, 0.4) is 0 Å². The molecule has 0 aliphatic carbocycles. The number of nitrogens with zero attached hydrogens (tertiary/aromatic N) is 1. The largest absolute Gasteiger partial charge is 0.352 e. The summed E-state index contributed by atoms with van der Waals surface area (Å²) in [6, 6.07) is 21.7. The third kappa shape index (κ3) is 5.49. The molecule has 160 valence electrons. The Kier molecular flexibility index (Phi) is 6.71. The number of benzene rings is 3. The van der Waals surface area contributed by atoms with Crippen molar-refractivity contribution in [3.05, 3.63) is 90.0 Å². The zero-order valence-electron chi connectivity index (χ0n) is 17.2. The minimum atomic E-state index is -3.79. The van der Waals surface area contributed by atoms with E-state index < -0.39 is 10.0 Å². The van der Waals surface area contributed by atoms with Gasteiger partial charge in [-0.15, -0.1) is 0 Å². The molecule has 0 atom stereocenters. The maximum absolute atomic E-state index is 13.0. The summed E-state index contributed by atoms with van der Waals surface area (Å²) in [4.78, 5) is 23.6. The van der Waals surface area contributed by atoms with Crippen LogP contribution < -0.4 is 14.9 Å². The first-order chi connectivity index (χ1) is 14.8. The van der Waals surface area contributed by atoms with E-state index in [9.17, 15) is 18.0 Å². The van der Waals surface area contributed by atoms with Crippen molar-refractivity contribution in [2.45, 2.75) is 18.4 Å². The molecule has 0 saturated carbocycles. The van der Waals surface area contributed by atoms with Crippen LogP contribution in [-0.2, 0) is 21.4 Å². The van der Waals surface area contributed by atoms with Gasteiger partial charge in [-0.1, -0.05) is 36.4 Å². The molecule has 0 aromatic heterocycles. The van der Waals surface area contributed by atoms with Crippen LogP contribution in [0.2, 0.25) is 0 Å². The average molecular weight is 438 g/mol. The first-order valence-corrected chi connectivity index (χ1v) is 11.0. The van der Waals surface area contributed by atoms with Gasteiger partial charge in [0.05, 0.1) is 10.6 Å². The van der Waals surface area contributed by atoms with E-state index in [4.69, 9.17) is 0 Å². The van der Waals surface area contributed by atoms with E-state index in [1.807, 2.05) is 6.07 Å². The highest BCUT2D eigenvalue weighted by molar-refractivity contribution is 7.92. The van der Waals surface area contributed by atoms with Gasteiger partial charge in [0.1, 0.15) is 0 Å². The van der Waals surface area contributed by atoms with Gasteiger partial charge in [0, 0.05) is 31.8 Å². The lowest BCUT2D eigenvalue weighted by Crippen LogP contribution is -2.26. The Morgan fingerprint density at radius 2 is 1.58 bits per heavy atom. The minimum Gasteiger partial charge on any atom is -0.352 e. The molecule has 31 heavy (non-hydrogen) atoms. The summed E-state index contributed by atoms with van der Waals surface area (Å²) >= 11 is 0. The average Bonchev–Trinajstić information content (AvgIpc) is 2.78. The van der Waals surface area contributed by atoms with Crippen LogP contribution in [0.4, 0.5) is 11.4 Å². The quantitative estimate of drug-likeness (QED) is 0.592. The predicted molar refractivity (Wildman–Crippen MR) is 120 cm³/mol. The van der Waals surface area contributed by atoms with E-state index in [0.29, 0.717) is 23.5 Å². The topological polar surface area (TPSA) is 95.6 Å². The fourth-order valence-corrected chi connectivity index (χ4v) is 4.11. The number of anilines is 2. The number of nitrogens with one attached hydrogen (secondary N) is 2. The molecule has 2 N–H and O–H groups in total. The van der Waals surface area contributed by atoms with E-state index in [-0.39, 0.29) is 16.7 Å². The SMILES string of the molecule is CC(=O)NCc1ccc(C(=O)Nc2cccc(S(=O)(=O)N(C)c3ccccc3)c2)cc1. The van der Waals surface area contributed by atoms with Gasteiger partial charge in [-0.05, 0) is 48.0 Å². The molecule has 0 unspecified atom stereocenters. The Hall–Kier alpha value is -3.65. The second-order valence-electron chi connectivity index (χ2n) is 6.90. The first kappa shape index (κ1) is 22.0. The molecule has 0 heterocycles. The maximum atomic E-state index is 13.0. The van der Waals surface area contributed by atoms with Gasteiger partial charge in [-0.2, -0.15) is 0 Å². The van der Waals surface area contributed by atoms with Crippen molar-refractivity contribution in [3.63, 3.8) is 0 Å². The Labute approximate surface area is 181 Å². The lowest BCUT2D eigenvalue weighted by atomic mass is 10.1. The van der Waals surface area contributed by atoms with Gasteiger partial charge in [0.15, 0.2) is 0 Å². The van der Waals surface area contributed by atoms with Gasteiger partial charge in [0.25, 0.3) is 15.9 Å². The number of amides is 2. The maximum Gasteiger partial charge on any atom is 0.264 e. The molecule has 3 rings (SSSR count). The van der Waals surface area contributed by atoms with Crippen molar-refractivity contribution < 1.29 is 18.0 Å². The zero-order valence-corrected chi connectivity index (χ0v) is 18.0. The molecule has 0 aliphatic rings. The normalized spacial score (nSPS) is 10.9. The Morgan fingerprint density at radius 3 is 2.23 bits per heavy atom. The Bertz CT molecular complexity index is 1180. The summed E-state index contributed by atoms with van der Waals surface area (Å²) in [7, 11) is -2.30. The van der Waals surface area contributed by atoms with Crippen LogP contribution in [0.25, 0.3) is 0 Å². The smallest absolute Gasteiger partial charge is 0.264 e. The van der Waals surface area contributed by atoms with Crippen LogP contribution in [0, 0.1) is 0 Å². The van der Waals surface area contributed by atoms with Crippen molar-refractivity contribution >= 4 is 33.2 Å². The molecule has 0 saturated heterocycles. The van der Waals surface area contributed by atoms with Gasteiger partial charge >= 0.3 is 0 Å². The van der Waals surface area contributed by atoms with Crippen molar-refractivity contribution in [1.82, 2.24) is 5.32 Å². The number of rotatable bonds is 7. The standard InChI is InChI=1S/C23H23N3O4S/c1-17(27)24-16-18-11-13-19(14-12-18)23(28)25-20-7-6-10-22(15-20)31(29,30)26(2)21-8-4-3-5-9-21/h3-15H,16H2,1-2H3,(H,24,27)(H,25,28). The second kappa shape index (κ2) is 9.44. The highest BCUT2D eigenvalue weighted by Crippen LogP contribution is 2.24. The zero-order chi connectivity index (χ0) is 22.4. The van der Waals surface area contributed by atoms with Crippen molar-refractivity contribution in [2.75, 3.05) is 16.7 Å². The van der Waals surface area contributed by atoms with Gasteiger partial charge in [-0.3, -0.25) is 13.9 Å². The third-order valence-corrected chi connectivity index (χ3v) is 6.41. The molecule has 0 bridgehead atoms. The van der Waals surface area contributed by atoms with Gasteiger partial charge in [-0.25, -0.2) is 8.42 Å². The fraction of sp³-hybridized carbons (Fsp3) is 0.130. The van der Waals surface area contributed by atoms with E-state index >= 15 is 0 Å². The molecule has 0 aliphatic heterocycles. The molecule has 0 radical (unpaired) electrons. The monoisotopic (exact) mass is 437 g/mol. The highest BCUT2D eigenvalue weighted by atomic mass is 32.2. The number of carbonyl (C=O) groups excluding carboxylic acids is 2.